The highest BCUT2D eigenvalue weighted by molar-refractivity contribution is 5.80. The van der Waals surface area contributed by atoms with Gasteiger partial charge in [0.15, 0.2) is 6.10 Å². The van der Waals surface area contributed by atoms with E-state index >= 15 is 0 Å². The van der Waals surface area contributed by atoms with Gasteiger partial charge >= 0.3 is 0 Å². The summed E-state index contributed by atoms with van der Waals surface area (Å²) in [5, 5.41) is 7.51. The van der Waals surface area contributed by atoms with Gasteiger partial charge in [0.05, 0.1) is 11.7 Å². The van der Waals surface area contributed by atoms with Crippen LogP contribution in [-0.4, -0.2) is 28.3 Å². The summed E-state index contributed by atoms with van der Waals surface area (Å²) in [6.07, 6.45) is -0.545. The average molecular weight is 343 g/mol. The minimum Gasteiger partial charge on any atom is -0.481 e. The van der Waals surface area contributed by atoms with Gasteiger partial charge in [0.2, 0.25) is 0 Å². The van der Waals surface area contributed by atoms with E-state index in [-0.39, 0.29) is 11.9 Å². The highest BCUT2D eigenvalue weighted by Gasteiger charge is 2.18. The molecule has 0 fully saturated rings. The van der Waals surface area contributed by atoms with Crippen LogP contribution in [0.5, 0.6) is 5.75 Å². The van der Waals surface area contributed by atoms with Gasteiger partial charge in [-0.3, -0.25) is 9.48 Å². The van der Waals surface area contributed by atoms with E-state index in [1.165, 1.54) is 11.1 Å². The highest BCUT2D eigenvalue weighted by Crippen LogP contribution is 2.18. The zero-order valence-electron chi connectivity index (χ0n) is 16.3. The largest absolute Gasteiger partial charge is 0.481 e. The summed E-state index contributed by atoms with van der Waals surface area (Å²) in [7, 11) is 0. The predicted molar refractivity (Wildman–Crippen MR) is 100 cm³/mol. The van der Waals surface area contributed by atoms with E-state index in [0.717, 1.165) is 17.0 Å². The second-order valence-electron chi connectivity index (χ2n) is 6.84. The van der Waals surface area contributed by atoms with Gasteiger partial charge in [-0.05, 0) is 77.3 Å². The summed E-state index contributed by atoms with van der Waals surface area (Å²) in [6.45, 7) is 14.5. The van der Waals surface area contributed by atoms with Crippen LogP contribution in [0.25, 0.3) is 0 Å². The maximum atomic E-state index is 12.3. The third-order valence-electron chi connectivity index (χ3n) is 4.84. The lowest BCUT2D eigenvalue weighted by Crippen LogP contribution is -2.39. The molecule has 0 bridgehead atoms. The molecule has 2 atom stereocenters. The van der Waals surface area contributed by atoms with Gasteiger partial charge in [-0.15, -0.1) is 0 Å². The first-order valence-electron chi connectivity index (χ1n) is 8.74. The maximum Gasteiger partial charge on any atom is 0.260 e. The number of hydrogen-bond donors (Lipinski definition) is 1. The van der Waals surface area contributed by atoms with Crippen molar-refractivity contribution >= 4 is 5.91 Å². The Hall–Kier alpha value is -2.30. The molecule has 0 unspecified atom stereocenters. The van der Waals surface area contributed by atoms with E-state index in [9.17, 15) is 4.79 Å². The van der Waals surface area contributed by atoms with E-state index in [2.05, 4.69) is 31.2 Å². The Labute approximate surface area is 150 Å². The number of hydrogen-bond acceptors (Lipinski definition) is 3. The zero-order chi connectivity index (χ0) is 18.7. The summed E-state index contributed by atoms with van der Waals surface area (Å²) in [6, 6.07) is 5.95. The fraction of sp³-hybridized carbons (Fsp3) is 0.500. The van der Waals surface area contributed by atoms with Crippen molar-refractivity contribution in [3.63, 3.8) is 0 Å². The third-order valence-corrected chi connectivity index (χ3v) is 4.84. The van der Waals surface area contributed by atoms with Crippen molar-refractivity contribution in [1.82, 2.24) is 15.1 Å². The molecule has 5 heteroatoms. The first-order valence-corrected chi connectivity index (χ1v) is 8.74. The minimum atomic E-state index is -0.545. The molecule has 0 saturated heterocycles. The number of nitrogens with one attached hydrogen (secondary N) is 1. The van der Waals surface area contributed by atoms with Gasteiger partial charge in [0, 0.05) is 12.2 Å². The standard InChI is InChI=1S/C20H29N3O2/c1-12-8-9-19(10-13(12)2)25-18(7)20(24)21-11-14(3)23-17(6)15(4)16(5)22-23/h8-10,14,18H,11H2,1-7H3,(H,21,24)/t14-,18+/m1/s1. The van der Waals surface area contributed by atoms with Gasteiger partial charge in [-0.2, -0.15) is 5.10 Å². The Morgan fingerprint density at radius 3 is 2.40 bits per heavy atom. The molecule has 1 heterocycles. The van der Waals surface area contributed by atoms with Crippen molar-refractivity contribution in [2.75, 3.05) is 6.54 Å². The second kappa shape index (κ2) is 7.72. The molecule has 0 aliphatic carbocycles. The van der Waals surface area contributed by atoms with E-state index in [1.54, 1.807) is 6.92 Å². The molecule has 1 aromatic carbocycles. The molecule has 136 valence electrons. The summed E-state index contributed by atoms with van der Waals surface area (Å²) in [4.78, 5) is 12.3. The normalized spacial score (nSPS) is 13.4. The van der Waals surface area contributed by atoms with Crippen molar-refractivity contribution in [1.29, 1.82) is 0 Å². The summed E-state index contributed by atoms with van der Waals surface area (Å²) >= 11 is 0. The quantitative estimate of drug-likeness (QED) is 0.872. The molecule has 25 heavy (non-hydrogen) atoms. The van der Waals surface area contributed by atoms with Crippen LogP contribution in [0.4, 0.5) is 0 Å². The first kappa shape index (κ1) is 19.0. The number of aromatic nitrogens is 2. The van der Waals surface area contributed by atoms with Gasteiger partial charge in [0.25, 0.3) is 5.91 Å². The number of rotatable bonds is 6. The third kappa shape index (κ3) is 4.41. The number of ether oxygens (including phenoxy) is 1. The lowest BCUT2D eigenvalue weighted by Gasteiger charge is -2.19. The second-order valence-corrected chi connectivity index (χ2v) is 6.84. The van der Waals surface area contributed by atoms with Crippen LogP contribution in [0, 0.1) is 34.6 Å². The van der Waals surface area contributed by atoms with Crippen molar-refractivity contribution < 1.29 is 9.53 Å². The van der Waals surface area contributed by atoms with Crippen LogP contribution >= 0.6 is 0 Å². The van der Waals surface area contributed by atoms with Crippen LogP contribution in [0.3, 0.4) is 0 Å². The van der Waals surface area contributed by atoms with E-state index < -0.39 is 6.10 Å². The monoisotopic (exact) mass is 343 g/mol. The molecule has 5 nitrogen and oxygen atoms in total. The number of nitrogens with zero attached hydrogens (tertiary/aromatic N) is 2. The lowest BCUT2D eigenvalue weighted by atomic mass is 10.1. The summed E-state index contributed by atoms with van der Waals surface area (Å²) in [5.74, 6) is 0.594. The molecular formula is C20H29N3O2. The van der Waals surface area contributed by atoms with Crippen molar-refractivity contribution in [2.24, 2.45) is 0 Å². The molecule has 1 aromatic heterocycles. The molecule has 0 saturated carbocycles. The summed E-state index contributed by atoms with van der Waals surface area (Å²) in [5.41, 5.74) is 5.72. The Balaban J connectivity index is 1.92. The number of benzene rings is 1. The van der Waals surface area contributed by atoms with E-state index in [0.29, 0.717) is 12.3 Å². The Kier molecular flexibility index (Phi) is 5.88. The van der Waals surface area contributed by atoms with Crippen LogP contribution in [0.1, 0.15) is 48.0 Å². The molecule has 0 spiro atoms. The Morgan fingerprint density at radius 2 is 1.84 bits per heavy atom. The number of carbonyl (C=O) groups is 1. The molecule has 1 N–H and O–H groups in total. The number of aryl methyl sites for hydroxylation is 3. The molecule has 0 radical (unpaired) electrons. The Bertz CT molecular complexity index is 765. The van der Waals surface area contributed by atoms with Gasteiger partial charge in [-0.1, -0.05) is 6.07 Å². The highest BCUT2D eigenvalue weighted by atomic mass is 16.5. The fourth-order valence-corrected chi connectivity index (χ4v) is 2.70. The molecule has 0 aliphatic heterocycles. The van der Waals surface area contributed by atoms with Crippen LogP contribution in [-0.2, 0) is 4.79 Å². The minimum absolute atomic E-state index is 0.0881. The van der Waals surface area contributed by atoms with Crippen molar-refractivity contribution in [3.8, 4) is 5.75 Å². The van der Waals surface area contributed by atoms with Crippen LogP contribution in [0.2, 0.25) is 0 Å². The van der Waals surface area contributed by atoms with E-state index in [4.69, 9.17) is 4.74 Å². The summed E-state index contributed by atoms with van der Waals surface area (Å²) < 4.78 is 7.73. The first-order chi connectivity index (χ1) is 11.7. The van der Waals surface area contributed by atoms with Crippen LogP contribution in [0.15, 0.2) is 18.2 Å². The maximum absolute atomic E-state index is 12.3. The molecular weight excluding hydrogens is 314 g/mol. The van der Waals surface area contributed by atoms with Gasteiger partial charge < -0.3 is 10.1 Å². The molecule has 0 aliphatic rings. The lowest BCUT2D eigenvalue weighted by molar-refractivity contribution is -0.127. The van der Waals surface area contributed by atoms with E-state index in [1.807, 2.05) is 43.7 Å². The van der Waals surface area contributed by atoms with Gasteiger partial charge in [-0.25, -0.2) is 0 Å². The smallest absolute Gasteiger partial charge is 0.260 e. The number of carbonyl (C=O) groups excluding carboxylic acids is 1. The predicted octanol–water partition coefficient (Wildman–Crippen LogP) is 3.57. The molecule has 1 amide bonds. The molecule has 2 rings (SSSR count). The topological polar surface area (TPSA) is 56.1 Å². The fourth-order valence-electron chi connectivity index (χ4n) is 2.70. The van der Waals surface area contributed by atoms with Crippen LogP contribution < -0.4 is 10.1 Å². The number of amides is 1. The average Bonchev–Trinajstić information content (AvgIpc) is 2.83. The van der Waals surface area contributed by atoms with Crippen molar-refractivity contribution in [2.45, 2.75) is 60.6 Å². The Morgan fingerprint density at radius 1 is 1.16 bits per heavy atom. The van der Waals surface area contributed by atoms with Gasteiger partial charge in [0.1, 0.15) is 5.75 Å². The zero-order valence-corrected chi connectivity index (χ0v) is 16.3. The molecule has 2 aromatic rings. The van der Waals surface area contributed by atoms with Crippen molar-refractivity contribution in [3.05, 3.63) is 46.3 Å². The SMILES string of the molecule is Cc1ccc(O[C@@H](C)C(=O)NC[C@@H](C)n2nc(C)c(C)c2C)cc1C.